The van der Waals surface area contributed by atoms with Crippen molar-refractivity contribution in [2.24, 2.45) is 5.92 Å². The van der Waals surface area contributed by atoms with Gasteiger partial charge in [0.1, 0.15) is 15.8 Å². The summed E-state index contributed by atoms with van der Waals surface area (Å²) >= 11 is 6.69. The van der Waals surface area contributed by atoms with E-state index < -0.39 is 0 Å². The van der Waals surface area contributed by atoms with Gasteiger partial charge >= 0.3 is 0 Å². The first kappa shape index (κ1) is 22.9. The molecular weight excluding hydrogens is 444 g/mol. The molecule has 32 heavy (non-hydrogen) atoms. The number of rotatable bonds is 4. The number of nitrogens with zero attached hydrogens (tertiary/aromatic N) is 4. The molecular formula is C23H28N4O3S2. The molecule has 0 N–H and O–H groups in total. The van der Waals surface area contributed by atoms with E-state index in [0.717, 1.165) is 5.56 Å². The highest BCUT2D eigenvalue weighted by atomic mass is 32.2. The lowest BCUT2D eigenvalue weighted by atomic mass is 10.1. The first-order chi connectivity index (χ1) is 15.2. The zero-order chi connectivity index (χ0) is 23.2. The first-order valence-electron chi connectivity index (χ1n) is 10.8. The number of thioether (sulfide) groups is 1. The Morgan fingerprint density at radius 2 is 1.97 bits per heavy atom. The van der Waals surface area contributed by atoms with Crippen molar-refractivity contribution in [1.29, 1.82) is 0 Å². The SMILES string of the molecule is Cc1cccn2c(=O)c(/C=C3\SC(=S)N(CC(C)C)C3=O)c(N3C[C@H](C)O[C@@H](C)C3)nc12. The third-order valence-corrected chi connectivity index (χ3v) is 6.86. The lowest BCUT2D eigenvalue weighted by Crippen LogP contribution is -2.46. The minimum atomic E-state index is -0.199. The number of carbonyl (C=O) groups excluding carboxylic acids is 1. The molecule has 4 rings (SSSR count). The number of ether oxygens (including phenoxy) is 1. The third kappa shape index (κ3) is 4.33. The number of aryl methyl sites for hydroxylation is 1. The molecule has 170 valence electrons. The summed E-state index contributed by atoms with van der Waals surface area (Å²) in [6.07, 6.45) is 3.40. The fraction of sp³-hybridized carbons (Fsp3) is 0.478. The summed E-state index contributed by atoms with van der Waals surface area (Å²) in [5.74, 6) is 0.720. The Labute approximate surface area is 197 Å². The van der Waals surface area contributed by atoms with Gasteiger partial charge in [-0.2, -0.15) is 0 Å². The van der Waals surface area contributed by atoms with Crippen LogP contribution in [-0.4, -0.2) is 56.4 Å². The van der Waals surface area contributed by atoms with Gasteiger partial charge in [-0.1, -0.05) is 43.9 Å². The number of anilines is 1. The maximum Gasteiger partial charge on any atom is 0.267 e. The van der Waals surface area contributed by atoms with Gasteiger partial charge in [0.15, 0.2) is 0 Å². The van der Waals surface area contributed by atoms with E-state index in [1.807, 2.05) is 46.8 Å². The molecule has 2 aliphatic heterocycles. The van der Waals surface area contributed by atoms with E-state index in [1.165, 1.54) is 11.8 Å². The van der Waals surface area contributed by atoms with Crippen LogP contribution in [0.1, 0.15) is 38.8 Å². The molecule has 2 aromatic heterocycles. The van der Waals surface area contributed by atoms with Crippen LogP contribution in [0, 0.1) is 12.8 Å². The molecule has 0 unspecified atom stereocenters. The highest BCUT2D eigenvalue weighted by Gasteiger charge is 2.34. The molecule has 2 aliphatic rings. The number of pyridine rings is 1. The van der Waals surface area contributed by atoms with Gasteiger partial charge in [0, 0.05) is 25.8 Å². The first-order valence-corrected chi connectivity index (χ1v) is 12.1. The van der Waals surface area contributed by atoms with Crippen LogP contribution in [0.3, 0.4) is 0 Å². The summed E-state index contributed by atoms with van der Waals surface area (Å²) in [6.45, 7) is 11.8. The molecule has 7 nitrogen and oxygen atoms in total. The number of aromatic nitrogens is 2. The minimum Gasteiger partial charge on any atom is -0.372 e. The average molecular weight is 473 g/mol. The third-order valence-electron chi connectivity index (χ3n) is 5.48. The standard InChI is InChI=1S/C23H28N4O3S2/c1-13(2)10-27-22(29)18(32-23(27)31)9-17-20(25-11-15(4)30-16(5)12-25)24-19-14(3)7-6-8-26(19)21(17)28/h6-9,13,15-16H,10-12H2,1-5H3/b18-9-/t15-,16-/m0/s1. The number of carbonyl (C=O) groups is 1. The molecule has 1 amide bonds. The summed E-state index contributed by atoms with van der Waals surface area (Å²) in [5.41, 5.74) is 1.73. The topological polar surface area (TPSA) is 67.2 Å². The second kappa shape index (κ2) is 8.96. The number of amides is 1. The molecule has 2 aromatic rings. The highest BCUT2D eigenvalue weighted by molar-refractivity contribution is 8.26. The van der Waals surface area contributed by atoms with Crippen molar-refractivity contribution in [3.63, 3.8) is 0 Å². The van der Waals surface area contributed by atoms with E-state index in [4.69, 9.17) is 21.9 Å². The minimum absolute atomic E-state index is 0.00738. The molecule has 2 atom stereocenters. The Balaban J connectivity index is 1.87. The van der Waals surface area contributed by atoms with E-state index in [2.05, 4.69) is 4.90 Å². The molecule has 2 fully saturated rings. The van der Waals surface area contributed by atoms with Crippen LogP contribution in [0.5, 0.6) is 0 Å². The maximum absolute atomic E-state index is 13.6. The lowest BCUT2D eigenvalue weighted by Gasteiger charge is -2.36. The number of hydrogen-bond acceptors (Lipinski definition) is 7. The van der Waals surface area contributed by atoms with Crippen LogP contribution >= 0.6 is 24.0 Å². The zero-order valence-electron chi connectivity index (χ0n) is 19.0. The van der Waals surface area contributed by atoms with Crippen molar-refractivity contribution < 1.29 is 9.53 Å². The summed E-state index contributed by atoms with van der Waals surface area (Å²) in [5, 5.41) is 0. The van der Waals surface area contributed by atoms with Gasteiger partial charge in [-0.25, -0.2) is 4.98 Å². The molecule has 0 radical (unpaired) electrons. The molecule has 0 aromatic carbocycles. The van der Waals surface area contributed by atoms with Crippen molar-refractivity contribution in [1.82, 2.24) is 14.3 Å². The number of hydrogen-bond donors (Lipinski definition) is 0. The Morgan fingerprint density at radius 1 is 1.28 bits per heavy atom. The molecule has 9 heteroatoms. The van der Waals surface area contributed by atoms with Gasteiger partial charge in [0.25, 0.3) is 11.5 Å². The fourth-order valence-electron chi connectivity index (χ4n) is 4.17. The van der Waals surface area contributed by atoms with Gasteiger partial charge in [-0.15, -0.1) is 0 Å². The summed E-state index contributed by atoms with van der Waals surface area (Å²) < 4.78 is 7.96. The Morgan fingerprint density at radius 3 is 2.62 bits per heavy atom. The molecule has 0 spiro atoms. The maximum atomic E-state index is 13.6. The van der Waals surface area contributed by atoms with Gasteiger partial charge in [-0.3, -0.25) is 18.9 Å². The van der Waals surface area contributed by atoms with Gasteiger partial charge in [0.05, 0.1) is 22.7 Å². The van der Waals surface area contributed by atoms with Crippen molar-refractivity contribution in [2.45, 2.75) is 46.8 Å². The second-order valence-electron chi connectivity index (χ2n) is 8.89. The van der Waals surface area contributed by atoms with E-state index in [9.17, 15) is 9.59 Å². The average Bonchev–Trinajstić information content (AvgIpc) is 2.96. The normalized spacial score (nSPS) is 23.2. The zero-order valence-corrected chi connectivity index (χ0v) is 20.6. The van der Waals surface area contributed by atoms with Gasteiger partial charge in [-0.05, 0) is 44.4 Å². The predicted molar refractivity (Wildman–Crippen MR) is 133 cm³/mol. The van der Waals surface area contributed by atoms with E-state index in [1.54, 1.807) is 21.6 Å². The second-order valence-corrected chi connectivity index (χ2v) is 10.6. The monoisotopic (exact) mass is 472 g/mol. The van der Waals surface area contributed by atoms with Crippen molar-refractivity contribution in [3.05, 3.63) is 44.7 Å². The van der Waals surface area contributed by atoms with Crippen LogP contribution in [-0.2, 0) is 9.53 Å². The number of morpholine rings is 1. The summed E-state index contributed by atoms with van der Waals surface area (Å²) in [7, 11) is 0. The molecule has 0 bridgehead atoms. The van der Waals surface area contributed by atoms with Gasteiger partial charge < -0.3 is 9.64 Å². The van der Waals surface area contributed by atoms with Crippen LogP contribution in [0.25, 0.3) is 11.7 Å². The highest BCUT2D eigenvalue weighted by Crippen LogP contribution is 2.34. The number of fused-ring (bicyclic) bond motifs is 1. The molecule has 2 saturated heterocycles. The number of thiocarbonyl (C=S) groups is 1. The Kier molecular flexibility index (Phi) is 6.42. The lowest BCUT2D eigenvalue weighted by molar-refractivity contribution is -0.122. The largest absolute Gasteiger partial charge is 0.372 e. The van der Waals surface area contributed by atoms with Gasteiger partial charge in [0.2, 0.25) is 0 Å². The fourth-order valence-corrected chi connectivity index (χ4v) is 5.43. The van der Waals surface area contributed by atoms with Crippen molar-refractivity contribution >= 4 is 51.7 Å². The smallest absolute Gasteiger partial charge is 0.267 e. The van der Waals surface area contributed by atoms with Crippen LogP contribution in [0.2, 0.25) is 0 Å². The predicted octanol–water partition coefficient (Wildman–Crippen LogP) is 3.47. The molecule has 4 heterocycles. The van der Waals surface area contributed by atoms with E-state index in [-0.39, 0.29) is 23.7 Å². The Hall–Kier alpha value is -2.23. The quantitative estimate of drug-likeness (QED) is 0.499. The van der Waals surface area contributed by atoms with Crippen LogP contribution < -0.4 is 10.5 Å². The van der Waals surface area contributed by atoms with E-state index in [0.29, 0.717) is 51.8 Å². The Bertz CT molecular complexity index is 1160. The van der Waals surface area contributed by atoms with E-state index >= 15 is 0 Å². The molecule has 0 aliphatic carbocycles. The van der Waals surface area contributed by atoms with Crippen LogP contribution in [0.4, 0.5) is 5.82 Å². The van der Waals surface area contributed by atoms with Crippen molar-refractivity contribution in [2.75, 3.05) is 24.5 Å². The van der Waals surface area contributed by atoms with Crippen LogP contribution in [0.15, 0.2) is 28.0 Å². The van der Waals surface area contributed by atoms with Crippen molar-refractivity contribution in [3.8, 4) is 0 Å². The molecule has 0 saturated carbocycles. The summed E-state index contributed by atoms with van der Waals surface area (Å²) in [6, 6.07) is 3.77. The summed E-state index contributed by atoms with van der Waals surface area (Å²) in [4.78, 5) is 35.7.